The number of carbonyl (C=O) groups excluding carboxylic acids is 1. The average Bonchev–Trinajstić information content (AvgIpc) is 2.53. The van der Waals surface area contributed by atoms with Gasteiger partial charge in [-0.2, -0.15) is 0 Å². The minimum Gasteiger partial charge on any atom is -0.444 e. The van der Waals surface area contributed by atoms with Gasteiger partial charge in [0.2, 0.25) is 0 Å². The number of alkyl carbamates (subject to hydrolysis) is 1. The zero-order valence-corrected chi connectivity index (χ0v) is 17.0. The van der Waals surface area contributed by atoms with E-state index in [-0.39, 0.29) is 19.6 Å². The number of aliphatic hydroxyl groups is 1. The minimum absolute atomic E-state index is 0.110. The third kappa shape index (κ3) is 7.46. The lowest BCUT2D eigenvalue weighted by Gasteiger charge is -2.30. The first kappa shape index (κ1) is 22.6. The van der Waals surface area contributed by atoms with Crippen molar-refractivity contribution in [1.29, 1.82) is 0 Å². The van der Waals surface area contributed by atoms with Crippen molar-refractivity contribution in [2.75, 3.05) is 13.2 Å². The van der Waals surface area contributed by atoms with E-state index in [2.05, 4.69) is 5.32 Å². The number of hydrogen-bond donors (Lipinski definition) is 2. The monoisotopic (exact) mass is 387 g/mol. The first-order chi connectivity index (χ1) is 12.1. The fourth-order valence-corrected chi connectivity index (χ4v) is 4.05. The van der Waals surface area contributed by atoms with Gasteiger partial charge >= 0.3 is 13.7 Å². The van der Waals surface area contributed by atoms with E-state index in [1.165, 1.54) is 0 Å². The molecule has 0 aromatic heterocycles. The van der Waals surface area contributed by atoms with E-state index < -0.39 is 31.2 Å². The minimum atomic E-state index is -3.83. The van der Waals surface area contributed by atoms with Crippen LogP contribution in [0.5, 0.6) is 0 Å². The summed E-state index contributed by atoms with van der Waals surface area (Å²) in [6.07, 6.45) is -0.470. The number of rotatable bonds is 9. The molecule has 0 unspecified atom stereocenters. The molecule has 0 heterocycles. The van der Waals surface area contributed by atoms with Gasteiger partial charge in [-0.3, -0.25) is 4.57 Å². The van der Waals surface area contributed by atoms with Crippen molar-refractivity contribution >= 4 is 13.7 Å². The third-order valence-corrected chi connectivity index (χ3v) is 5.55. The van der Waals surface area contributed by atoms with E-state index in [0.29, 0.717) is 0 Å². The fraction of sp³-hybridized carbons (Fsp3) is 0.611. The lowest BCUT2D eigenvalue weighted by molar-refractivity contribution is 0.0450. The molecule has 1 rings (SSSR count). The molecule has 2 atom stereocenters. The molecule has 0 radical (unpaired) electrons. The Hall–Kier alpha value is -1.40. The maximum absolute atomic E-state index is 12.9. The molecule has 1 aromatic rings. The van der Waals surface area contributed by atoms with E-state index in [9.17, 15) is 14.5 Å². The Morgan fingerprint density at radius 1 is 1.15 bits per heavy atom. The standard InChI is InChI=1S/C18H30NO6P/c1-6-23-26(22,24-7-2)16(20)15(13-14-11-9-8-10-12-14)19-17(21)25-18(3,4)5/h8-12,15-16,20H,6-7,13H2,1-5H3,(H,19,21)/t15-,16-/m0/s1. The zero-order valence-electron chi connectivity index (χ0n) is 16.1. The molecule has 0 fully saturated rings. The van der Waals surface area contributed by atoms with Crippen LogP contribution in [0.4, 0.5) is 4.79 Å². The van der Waals surface area contributed by atoms with Crippen molar-refractivity contribution in [1.82, 2.24) is 5.32 Å². The van der Waals surface area contributed by atoms with Crippen LogP contribution in [0, 0.1) is 0 Å². The van der Waals surface area contributed by atoms with Crippen LogP contribution in [0.3, 0.4) is 0 Å². The maximum Gasteiger partial charge on any atom is 0.407 e. The van der Waals surface area contributed by atoms with E-state index >= 15 is 0 Å². The Labute approximate surface area is 155 Å². The normalized spacial score (nSPS) is 14.5. The number of carbonyl (C=O) groups is 1. The largest absolute Gasteiger partial charge is 0.444 e. The summed E-state index contributed by atoms with van der Waals surface area (Å²) in [7, 11) is -3.83. The highest BCUT2D eigenvalue weighted by Gasteiger charge is 2.41. The van der Waals surface area contributed by atoms with Crippen LogP contribution in [-0.4, -0.2) is 41.9 Å². The number of hydrogen-bond acceptors (Lipinski definition) is 6. The molecule has 1 aromatic carbocycles. The summed E-state index contributed by atoms with van der Waals surface area (Å²) in [5.41, 5.74) is 0.155. The molecular formula is C18H30NO6P. The summed E-state index contributed by atoms with van der Waals surface area (Å²) in [6.45, 7) is 8.75. The average molecular weight is 387 g/mol. The number of aliphatic hydroxyl groups excluding tert-OH is 1. The van der Waals surface area contributed by atoms with Crippen LogP contribution >= 0.6 is 7.60 Å². The topological polar surface area (TPSA) is 94.1 Å². The van der Waals surface area contributed by atoms with Crippen LogP contribution < -0.4 is 5.32 Å². The summed E-state index contributed by atoms with van der Waals surface area (Å²) in [5.74, 6) is -1.53. The Morgan fingerprint density at radius 2 is 1.69 bits per heavy atom. The number of ether oxygens (including phenoxy) is 1. The van der Waals surface area contributed by atoms with Crippen LogP contribution in [0.2, 0.25) is 0 Å². The molecule has 8 heteroatoms. The molecule has 7 nitrogen and oxygen atoms in total. The lowest BCUT2D eigenvalue weighted by atomic mass is 10.1. The molecule has 148 valence electrons. The van der Waals surface area contributed by atoms with Crippen molar-refractivity contribution in [3.8, 4) is 0 Å². The molecule has 0 aliphatic carbocycles. The summed E-state index contributed by atoms with van der Waals surface area (Å²) >= 11 is 0. The van der Waals surface area contributed by atoms with Crippen molar-refractivity contribution in [2.45, 2.75) is 58.5 Å². The maximum atomic E-state index is 12.9. The van der Waals surface area contributed by atoms with Crippen LogP contribution in [0.15, 0.2) is 30.3 Å². The fourth-order valence-electron chi connectivity index (χ4n) is 2.33. The summed E-state index contributed by atoms with van der Waals surface area (Å²) in [4.78, 5) is 12.2. The van der Waals surface area contributed by atoms with E-state index in [1.807, 2.05) is 30.3 Å². The highest BCUT2D eigenvalue weighted by molar-refractivity contribution is 7.54. The second-order valence-corrected chi connectivity index (χ2v) is 8.86. The van der Waals surface area contributed by atoms with Gasteiger partial charge < -0.3 is 24.2 Å². The van der Waals surface area contributed by atoms with Gasteiger partial charge in [-0.15, -0.1) is 0 Å². The zero-order chi connectivity index (χ0) is 19.8. The molecule has 26 heavy (non-hydrogen) atoms. The quantitative estimate of drug-likeness (QED) is 0.628. The molecule has 0 aliphatic rings. The second kappa shape index (κ2) is 10.1. The van der Waals surface area contributed by atoms with Crippen LogP contribution in [0.25, 0.3) is 0 Å². The van der Waals surface area contributed by atoms with Crippen molar-refractivity contribution in [3.63, 3.8) is 0 Å². The Kier molecular flexibility index (Phi) is 8.77. The molecule has 0 saturated heterocycles. The number of benzene rings is 1. The second-order valence-electron chi connectivity index (χ2n) is 6.73. The lowest BCUT2D eigenvalue weighted by Crippen LogP contribution is -2.47. The molecular weight excluding hydrogens is 357 g/mol. The molecule has 2 N–H and O–H groups in total. The molecule has 0 spiro atoms. The molecule has 0 aliphatic heterocycles. The van der Waals surface area contributed by atoms with Gasteiger partial charge in [-0.05, 0) is 46.6 Å². The van der Waals surface area contributed by atoms with Gasteiger partial charge in [0.1, 0.15) is 5.60 Å². The summed E-state index contributed by atoms with van der Waals surface area (Å²) in [6, 6.07) is 8.34. The third-order valence-electron chi connectivity index (χ3n) is 3.30. The predicted octanol–water partition coefficient (Wildman–Crippen LogP) is 3.71. The molecule has 0 saturated carbocycles. The van der Waals surface area contributed by atoms with E-state index in [4.69, 9.17) is 13.8 Å². The van der Waals surface area contributed by atoms with Crippen LogP contribution in [0.1, 0.15) is 40.2 Å². The number of nitrogens with one attached hydrogen (secondary N) is 1. The first-order valence-electron chi connectivity index (χ1n) is 8.71. The van der Waals surface area contributed by atoms with Gasteiger partial charge in [-0.1, -0.05) is 30.3 Å². The highest BCUT2D eigenvalue weighted by atomic mass is 31.2. The Bertz CT molecular complexity index is 591. The predicted molar refractivity (Wildman–Crippen MR) is 100 cm³/mol. The number of amides is 1. The van der Waals surface area contributed by atoms with Gasteiger partial charge in [0.15, 0.2) is 5.85 Å². The van der Waals surface area contributed by atoms with Gasteiger partial charge in [0.25, 0.3) is 0 Å². The van der Waals surface area contributed by atoms with Crippen LogP contribution in [-0.2, 0) is 24.8 Å². The van der Waals surface area contributed by atoms with Gasteiger partial charge in [0.05, 0.1) is 19.3 Å². The van der Waals surface area contributed by atoms with Crippen molar-refractivity contribution in [2.24, 2.45) is 0 Å². The highest BCUT2D eigenvalue weighted by Crippen LogP contribution is 2.53. The van der Waals surface area contributed by atoms with E-state index in [0.717, 1.165) is 5.56 Å². The summed E-state index contributed by atoms with van der Waals surface area (Å²) < 4.78 is 28.6. The molecule has 0 bridgehead atoms. The SMILES string of the molecule is CCOP(=O)(OCC)[C@H](O)[C@H](Cc1ccccc1)NC(=O)OC(C)(C)C. The van der Waals surface area contributed by atoms with Crippen molar-refractivity contribution < 1.29 is 28.3 Å². The summed E-state index contributed by atoms with van der Waals surface area (Å²) in [5, 5.41) is 13.3. The Morgan fingerprint density at radius 3 is 2.15 bits per heavy atom. The van der Waals surface area contributed by atoms with E-state index in [1.54, 1.807) is 34.6 Å². The Balaban J connectivity index is 3.05. The first-order valence-corrected chi connectivity index (χ1v) is 10.3. The van der Waals surface area contributed by atoms with Gasteiger partial charge in [-0.25, -0.2) is 4.79 Å². The van der Waals surface area contributed by atoms with Gasteiger partial charge in [0, 0.05) is 0 Å². The molecule has 1 amide bonds. The van der Waals surface area contributed by atoms with Crippen molar-refractivity contribution in [3.05, 3.63) is 35.9 Å². The smallest absolute Gasteiger partial charge is 0.407 e.